The second kappa shape index (κ2) is 3.34. The minimum absolute atomic E-state index is 0.447. The number of hydrogen-bond donors (Lipinski definition) is 2. The molecule has 0 bridgehead atoms. The van der Waals surface area contributed by atoms with Crippen molar-refractivity contribution in [2.75, 3.05) is 13.1 Å². The quantitative estimate of drug-likeness (QED) is 0.527. The summed E-state index contributed by atoms with van der Waals surface area (Å²) in [4.78, 5) is 20.7. The molecule has 62 valence electrons. The fraction of sp³-hybridized carbons (Fsp3) is 0.667. The Balaban J connectivity index is 2.14. The van der Waals surface area contributed by atoms with E-state index in [1.54, 1.807) is 5.01 Å². The number of hydrazine groups is 1. The van der Waals surface area contributed by atoms with Gasteiger partial charge in [0.1, 0.15) is 6.42 Å². The first kappa shape index (κ1) is 8.00. The number of carboxylic acids is 1. The second-order valence-corrected chi connectivity index (χ2v) is 2.45. The number of nitrogens with zero attached hydrogens (tertiary/aromatic N) is 1. The molecule has 1 rings (SSSR count). The van der Waals surface area contributed by atoms with E-state index in [4.69, 9.17) is 5.11 Å². The van der Waals surface area contributed by atoms with Gasteiger partial charge in [-0.1, -0.05) is 0 Å². The van der Waals surface area contributed by atoms with E-state index in [0.29, 0.717) is 0 Å². The average molecular weight is 158 g/mol. The zero-order valence-corrected chi connectivity index (χ0v) is 6.04. The van der Waals surface area contributed by atoms with E-state index >= 15 is 0 Å². The summed E-state index contributed by atoms with van der Waals surface area (Å²) in [5.74, 6) is -1.54. The predicted octanol–water partition coefficient (Wildman–Crippen LogP) is -0.802. The number of nitrogens with one attached hydrogen (secondary N) is 1. The maximum atomic E-state index is 10.7. The Bertz CT molecular complexity index is 177. The van der Waals surface area contributed by atoms with E-state index in [1.807, 2.05) is 0 Å². The van der Waals surface area contributed by atoms with Crippen LogP contribution in [0.5, 0.6) is 0 Å². The highest BCUT2D eigenvalue weighted by atomic mass is 16.4. The zero-order chi connectivity index (χ0) is 8.27. The van der Waals surface area contributed by atoms with Crippen molar-refractivity contribution in [1.82, 2.24) is 10.4 Å². The number of rotatable bonds is 3. The molecule has 11 heavy (non-hydrogen) atoms. The summed E-state index contributed by atoms with van der Waals surface area (Å²) in [6.45, 7) is 1.65. The first-order chi connectivity index (χ1) is 5.18. The van der Waals surface area contributed by atoms with Gasteiger partial charge >= 0.3 is 5.97 Å². The van der Waals surface area contributed by atoms with E-state index in [2.05, 4.69) is 5.43 Å². The molecule has 0 radical (unpaired) electrons. The number of hydrogen-bond acceptors (Lipinski definition) is 3. The Morgan fingerprint density at radius 1 is 1.45 bits per heavy atom. The van der Waals surface area contributed by atoms with Crippen LogP contribution < -0.4 is 5.43 Å². The van der Waals surface area contributed by atoms with E-state index < -0.39 is 18.3 Å². The maximum absolute atomic E-state index is 10.7. The molecule has 0 spiro atoms. The number of carbonyl (C=O) groups excluding carboxylic acids is 1. The molecule has 0 aromatic carbocycles. The Morgan fingerprint density at radius 3 is 2.45 bits per heavy atom. The van der Waals surface area contributed by atoms with Gasteiger partial charge in [0.05, 0.1) is 0 Å². The van der Waals surface area contributed by atoms with Crippen molar-refractivity contribution in [3.63, 3.8) is 0 Å². The van der Waals surface area contributed by atoms with E-state index in [0.717, 1.165) is 19.5 Å². The third kappa shape index (κ3) is 2.55. The Kier molecular flexibility index (Phi) is 2.43. The van der Waals surface area contributed by atoms with Crippen molar-refractivity contribution in [3.05, 3.63) is 0 Å². The monoisotopic (exact) mass is 158 g/mol. The number of carbonyl (C=O) groups is 2. The molecule has 1 aliphatic heterocycles. The molecule has 2 N–H and O–H groups in total. The summed E-state index contributed by atoms with van der Waals surface area (Å²) >= 11 is 0. The topological polar surface area (TPSA) is 69.6 Å². The maximum Gasteiger partial charge on any atom is 0.312 e. The molecule has 5 nitrogen and oxygen atoms in total. The Hall–Kier alpha value is -1.10. The molecular weight excluding hydrogens is 148 g/mol. The number of aliphatic carboxylic acids is 1. The van der Waals surface area contributed by atoms with Gasteiger partial charge in [-0.2, -0.15) is 0 Å². The molecule has 0 saturated carbocycles. The third-order valence-electron chi connectivity index (χ3n) is 1.45. The van der Waals surface area contributed by atoms with Crippen LogP contribution in [0.2, 0.25) is 0 Å². The lowest BCUT2D eigenvalue weighted by Crippen LogP contribution is -2.50. The van der Waals surface area contributed by atoms with Crippen molar-refractivity contribution in [2.24, 2.45) is 0 Å². The van der Waals surface area contributed by atoms with Gasteiger partial charge in [-0.25, -0.2) is 5.01 Å². The molecule has 1 aliphatic rings. The summed E-state index contributed by atoms with van der Waals surface area (Å²) in [5, 5.41) is 9.91. The minimum atomic E-state index is -1.09. The van der Waals surface area contributed by atoms with Crippen LogP contribution in [0.3, 0.4) is 0 Å². The predicted molar refractivity (Wildman–Crippen MR) is 36.6 cm³/mol. The highest BCUT2D eigenvalue weighted by Gasteiger charge is 2.17. The van der Waals surface area contributed by atoms with Gasteiger partial charge in [-0.15, -0.1) is 0 Å². The van der Waals surface area contributed by atoms with Crippen LogP contribution >= 0.6 is 0 Å². The zero-order valence-electron chi connectivity index (χ0n) is 6.04. The molecule has 1 amide bonds. The lowest BCUT2D eigenvalue weighted by Gasteiger charge is -2.30. The molecule has 5 heteroatoms. The number of carboxylic acid groups (broad SMARTS) is 1. The Morgan fingerprint density at radius 2 is 2.09 bits per heavy atom. The van der Waals surface area contributed by atoms with Crippen LogP contribution in [-0.4, -0.2) is 35.1 Å². The highest BCUT2D eigenvalue weighted by molar-refractivity contribution is 5.93. The normalized spacial score (nSPS) is 17.1. The Labute approximate surface area is 64.0 Å². The first-order valence-electron chi connectivity index (χ1n) is 3.45. The van der Waals surface area contributed by atoms with E-state index in [-0.39, 0.29) is 0 Å². The second-order valence-electron chi connectivity index (χ2n) is 2.45. The fourth-order valence-electron chi connectivity index (χ4n) is 0.781. The summed E-state index contributed by atoms with van der Waals surface area (Å²) in [6.07, 6.45) is 0.615. The van der Waals surface area contributed by atoms with E-state index in [1.165, 1.54) is 0 Å². The largest absolute Gasteiger partial charge is 0.481 e. The van der Waals surface area contributed by atoms with Gasteiger partial charge < -0.3 is 5.11 Å². The van der Waals surface area contributed by atoms with Gasteiger partial charge in [0.15, 0.2) is 0 Å². The van der Waals surface area contributed by atoms with E-state index in [9.17, 15) is 9.59 Å². The molecular formula is C6H10N2O3. The van der Waals surface area contributed by atoms with Gasteiger partial charge in [0.25, 0.3) is 0 Å². The van der Waals surface area contributed by atoms with Crippen molar-refractivity contribution >= 4 is 11.9 Å². The summed E-state index contributed by atoms with van der Waals surface area (Å²) in [7, 11) is 0. The highest BCUT2D eigenvalue weighted by Crippen LogP contribution is 2.00. The smallest absolute Gasteiger partial charge is 0.312 e. The lowest BCUT2D eigenvalue weighted by molar-refractivity contribution is -0.142. The van der Waals surface area contributed by atoms with Crippen LogP contribution in [0.4, 0.5) is 0 Å². The van der Waals surface area contributed by atoms with Crippen molar-refractivity contribution < 1.29 is 14.7 Å². The molecule has 1 saturated heterocycles. The van der Waals surface area contributed by atoms with Crippen LogP contribution in [-0.2, 0) is 9.59 Å². The summed E-state index contributed by atoms with van der Waals surface area (Å²) < 4.78 is 0. The molecule has 1 heterocycles. The summed E-state index contributed by atoms with van der Waals surface area (Å²) in [6, 6.07) is 0. The standard InChI is InChI=1S/C6H10N2O3/c9-5(4-6(10)11)7-8-2-1-3-8/h1-4H2,(H,7,9)(H,10,11). The van der Waals surface area contributed by atoms with Gasteiger partial charge in [-0.05, 0) is 6.42 Å². The first-order valence-corrected chi connectivity index (χ1v) is 3.45. The van der Waals surface area contributed by atoms with Gasteiger partial charge in [0, 0.05) is 13.1 Å². The third-order valence-corrected chi connectivity index (χ3v) is 1.45. The van der Waals surface area contributed by atoms with Crippen molar-refractivity contribution in [3.8, 4) is 0 Å². The molecule has 0 unspecified atom stereocenters. The molecule has 0 aromatic rings. The van der Waals surface area contributed by atoms with Crippen LogP contribution in [0, 0.1) is 0 Å². The van der Waals surface area contributed by atoms with Crippen molar-refractivity contribution in [2.45, 2.75) is 12.8 Å². The molecule has 0 atom stereocenters. The average Bonchev–Trinajstić information content (AvgIpc) is 1.77. The van der Waals surface area contributed by atoms with Crippen LogP contribution in [0.1, 0.15) is 12.8 Å². The van der Waals surface area contributed by atoms with Crippen LogP contribution in [0.15, 0.2) is 0 Å². The molecule has 0 aliphatic carbocycles. The van der Waals surface area contributed by atoms with Crippen LogP contribution in [0.25, 0.3) is 0 Å². The lowest BCUT2D eigenvalue weighted by atomic mass is 10.3. The SMILES string of the molecule is O=C(O)CC(=O)NN1CCC1. The fourth-order valence-corrected chi connectivity index (χ4v) is 0.781. The molecule has 1 fully saturated rings. The van der Waals surface area contributed by atoms with Gasteiger partial charge in [-0.3, -0.25) is 15.0 Å². The molecule has 0 aromatic heterocycles. The van der Waals surface area contributed by atoms with Crippen molar-refractivity contribution in [1.29, 1.82) is 0 Å². The number of amides is 1. The summed E-state index contributed by atoms with van der Waals surface area (Å²) in [5.41, 5.74) is 2.46. The minimum Gasteiger partial charge on any atom is -0.481 e. The van der Waals surface area contributed by atoms with Gasteiger partial charge in [0.2, 0.25) is 5.91 Å².